The van der Waals surface area contributed by atoms with E-state index in [9.17, 15) is 4.39 Å². The largest absolute Gasteiger partial charge is 0.488 e. The minimum atomic E-state index is -0.611. The van der Waals surface area contributed by atoms with Gasteiger partial charge in [0.15, 0.2) is 11.6 Å². The molecule has 1 atom stereocenters. The first-order valence-corrected chi connectivity index (χ1v) is 4.97. The Morgan fingerprint density at radius 3 is 2.77 bits per heavy atom. The van der Waals surface area contributed by atoms with Gasteiger partial charge < -0.3 is 9.84 Å². The number of benzene rings is 1. The third-order valence-electron chi connectivity index (χ3n) is 1.45. The smallest absolute Gasteiger partial charge is 0.165 e. The summed E-state index contributed by atoms with van der Waals surface area (Å²) >= 11 is 3.08. The molecule has 0 aliphatic heterocycles. The predicted molar refractivity (Wildman–Crippen MR) is 51.7 cm³/mol. The van der Waals surface area contributed by atoms with Crippen LogP contribution in [0.5, 0.6) is 5.75 Å². The molecule has 0 amide bonds. The summed E-state index contributed by atoms with van der Waals surface area (Å²) in [5.74, 6) is -0.244. The zero-order valence-electron chi connectivity index (χ0n) is 6.91. The number of alkyl halides is 1. The van der Waals surface area contributed by atoms with Crippen LogP contribution in [0.25, 0.3) is 0 Å². The Bertz CT molecular complexity index is 268. The normalized spacial score (nSPS) is 12.5. The van der Waals surface area contributed by atoms with Crippen molar-refractivity contribution in [1.82, 2.24) is 0 Å². The van der Waals surface area contributed by atoms with Crippen LogP contribution in [0.15, 0.2) is 24.3 Å². The number of aliphatic hydroxyl groups excluding tert-OH is 1. The Kier molecular flexibility index (Phi) is 4.18. The molecule has 0 heterocycles. The van der Waals surface area contributed by atoms with Gasteiger partial charge in [-0.1, -0.05) is 28.1 Å². The lowest BCUT2D eigenvalue weighted by Crippen LogP contribution is -2.18. The second-order valence-electron chi connectivity index (χ2n) is 2.55. The van der Waals surface area contributed by atoms with Crippen molar-refractivity contribution >= 4 is 15.9 Å². The molecule has 1 aromatic carbocycles. The molecule has 13 heavy (non-hydrogen) atoms. The molecule has 1 N–H and O–H groups in total. The fourth-order valence-corrected chi connectivity index (χ4v) is 0.979. The van der Waals surface area contributed by atoms with Crippen molar-refractivity contribution in [3.8, 4) is 5.75 Å². The lowest BCUT2D eigenvalue weighted by atomic mass is 10.3. The highest BCUT2D eigenvalue weighted by molar-refractivity contribution is 9.09. The Balaban J connectivity index is 2.50. The first kappa shape index (κ1) is 10.5. The van der Waals surface area contributed by atoms with Gasteiger partial charge in [0.1, 0.15) is 6.61 Å². The molecule has 2 nitrogen and oxygen atoms in total. The average Bonchev–Trinajstić information content (AvgIpc) is 2.16. The van der Waals surface area contributed by atoms with E-state index in [1.165, 1.54) is 12.1 Å². The van der Waals surface area contributed by atoms with Gasteiger partial charge in [-0.3, -0.25) is 0 Å². The summed E-state index contributed by atoms with van der Waals surface area (Å²) in [6, 6.07) is 6.11. The van der Waals surface area contributed by atoms with Crippen molar-refractivity contribution in [1.29, 1.82) is 0 Å². The highest BCUT2D eigenvalue weighted by Crippen LogP contribution is 2.15. The van der Waals surface area contributed by atoms with Gasteiger partial charge in [-0.2, -0.15) is 0 Å². The van der Waals surface area contributed by atoms with Crippen LogP contribution in [0.3, 0.4) is 0 Å². The standard InChI is InChI=1S/C9H10BrFO2/c10-5-7(12)6-13-9-4-2-1-3-8(9)11/h1-4,7,12H,5-6H2/t7-/m0/s1. The SMILES string of the molecule is O[C@@H](CBr)COc1ccccc1F. The summed E-state index contributed by atoms with van der Waals surface area (Å²) in [7, 11) is 0. The van der Waals surface area contributed by atoms with Crippen LogP contribution < -0.4 is 4.74 Å². The molecular weight excluding hydrogens is 239 g/mol. The average molecular weight is 249 g/mol. The minimum absolute atomic E-state index is 0.0895. The van der Waals surface area contributed by atoms with E-state index in [2.05, 4.69) is 15.9 Å². The Hall–Kier alpha value is -0.610. The maximum atomic E-state index is 12.9. The highest BCUT2D eigenvalue weighted by Gasteiger charge is 2.05. The second-order valence-corrected chi connectivity index (χ2v) is 3.20. The van der Waals surface area contributed by atoms with Gasteiger partial charge in [0.2, 0.25) is 0 Å². The van der Waals surface area contributed by atoms with E-state index in [-0.39, 0.29) is 12.4 Å². The molecule has 0 radical (unpaired) electrons. The quantitative estimate of drug-likeness (QED) is 0.826. The molecule has 0 saturated heterocycles. The number of hydrogen-bond acceptors (Lipinski definition) is 2. The summed E-state index contributed by atoms with van der Waals surface area (Å²) in [6.45, 7) is 0.0895. The fraction of sp³-hybridized carbons (Fsp3) is 0.333. The molecule has 1 rings (SSSR count). The lowest BCUT2D eigenvalue weighted by Gasteiger charge is -2.09. The molecule has 0 aliphatic rings. The monoisotopic (exact) mass is 248 g/mol. The van der Waals surface area contributed by atoms with Gasteiger partial charge in [-0.15, -0.1) is 0 Å². The van der Waals surface area contributed by atoms with Gasteiger partial charge in [0, 0.05) is 5.33 Å². The van der Waals surface area contributed by atoms with E-state index >= 15 is 0 Å². The van der Waals surface area contributed by atoms with Gasteiger partial charge in [-0.05, 0) is 12.1 Å². The van der Waals surface area contributed by atoms with Crippen LogP contribution in [0, 0.1) is 5.82 Å². The number of hydrogen-bond donors (Lipinski definition) is 1. The Morgan fingerprint density at radius 1 is 1.46 bits per heavy atom. The maximum absolute atomic E-state index is 12.9. The van der Waals surface area contributed by atoms with Crippen LogP contribution in [0.2, 0.25) is 0 Å². The van der Waals surface area contributed by atoms with Gasteiger partial charge in [-0.25, -0.2) is 4.39 Å². The molecule has 4 heteroatoms. The van der Waals surface area contributed by atoms with Crippen molar-refractivity contribution in [2.45, 2.75) is 6.10 Å². The minimum Gasteiger partial charge on any atom is -0.488 e. The summed E-state index contributed by atoms with van der Waals surface area (Å²) in [5.41, 5.74) is 0. The van der Waals surface area contributed by atoms with Gasteiger partial charge >= 0.3 is 0 Å². The zero-order valence-corrected chi connectivity index (χ0v) is 8.50. The first-order valence-electron chi connectivity index (χ1n) is 3.85. The predicted octanol–water partition coefficient (Wildman–Crippen LogP) is 1.96. The highest BCUT2D eigenvalue weighted by atomic mass is 79.9. The number of ether oxygens (including phenoxy) is 1. The van der Waals surface area contributed by atoms with Crippen LogP contribution >= 0.6 is 15.9 Å². The maximum Gasteiger partial charge on any atom is 0.165 e. The molecule has 1 aromatic rings. The van der Waals surface area contributed by atoms with Gasteiger partial charge in [0.05, 0.1) is 6.10 Å². The van der Waals surface area contributed by atoms with E-state index in [4.69, 9.17) is 9.84 Å². The van der Waals surface area contributed by atoms with E-state index in [0.717, 1.165) is 0 Å². The Morgan fingerprint density at radius 2 is 2.15 bits per heavy atom. The van der Waals surface area contributed by atoms with E-state index in [0.29, 0.717) is 5.33 Å². The molecule has 0 aromatic heterocycles. The van der Waals surface area contributed by atoms with Crippen LogP contribution in [-0.4, -0.2) is 23.1 Å². The number of para-hydroxylation sites is 1. The number of halogens is 2. The summed E-state index contributed by atoms with van der Waals surface area (Å²) in [6.07, 6.45) is -0.611. The molecule has 0 unspecified atom stereocenters. The van der Waals surface area contributed by atoms with E-state index < -0.39 is 11.9 Å². The zero-order chi connectivity index (χ0) is 9.68. The molecule has 0 saturated carbocycles. The molecule has 0 spiro atoms. The third-order valence-corrected chi connectivity index (χ3v) is 2.19. The molecule has 72 valence electrons. The Labute approximate surface area is 84.5 Å². The number of aliphatic hydroxyl groups is 1. The lowest BCUT2D eigenvalue weighted by molar-refractivity contribution is 0.124. The molecule has 0 bridgehead atoms. The fourth-order valence-electron chi connectivity index (χ4n) is 0.792. The van der Waals surface area contributed by atoms with E-state index in [1.807, 2.05) is 0 Å². The topological polar surface area (TPSA) is 29.5 Å². The van der Waals surface area contributed by atoms with Crippen molar-refractivity contribution < 1.29 is 14.2 Å². The molecule has 0 aliphatic carbocycles. The van der Waals surface area contributed by atoms with Crippen molar-refractivity contribution in [2.24, 2.45) is 0 Å². The summed E-state index contributed by atoms with van der Waals surface area (Å²) < 4.78 is 18.0. The molecular formula is C9H10BrFO2. The third kappa shape index (κ3) is 3.32. The first-order chi connectivity index (χ1) is 6.24. The summed E-state index contributed by atoms with van der Waals surface area (Å²) in [5, 5.41) is 9.53. The van der Waals surface area contributed by atoms with Gasteiger partial charge in [0.25, 0.3) is 0 Å². The van der Waals surface area contributed by atoms with Crippen molar-refractivity contribution in [3.63, 3.8) is 0 Å². The van der Waals surface area contributed by atoms with E-state index in [1.54, 1.807) is 12.1 Å². The second kappa shape index (κ2) is 5.19. The number of rotatable bonds is 4. The summed E-state index contributed by atoms with van der Waals surface area (Å²) in [4.78, 5) is 0. The van der Waals surface area contributed by atoms with Crippen LogP contribution in [0.1, 0.15) is 0 Å². The van der Waals surface area contributed by atoms with Crippen LogP contribution in [0.4, 0.5) is 4.39 Å². The molecule has 0 fully saturated rings. The van der Waals surface area contributed by atoms with Crippen molar-refractivity contribution in [3.05, 3.63) is 30.1 Å². The van der Waals surface area contributed by atoms with Crippen molar-refractivity contribution in [2.75, 3.05) is 11.9 Å². The van der Waals surface area contributed by atoms with Crippen LogP contribution in [-0.2, 0) is 0 Å².